The van der Waals surface area contributed by atoms with E-state index in [-0.39, 0.29) is 22.2 Å². The first-order chi connectivity index (χ1) is 11.4. The molecule has 3 rings (SSSR count). The van der Waals surface area contributed by atoms with Crippen LogP contribution in [0.4, 0.5) is 15.8 Å². The van der Waals surface area contributed by atoms with Crippen molar-refractivity contribution in [2.24, 2.45) is 0 Å². The van der Waals surface area contributed by atoms with Gasteiger partial charge in [-0.25, -0.2) is 4.39 Å². The fourth-order valence-corrected chi connectivity index (χ4v) is 2.53. The average molecular weight is 349 g/mol. The second kappa shape index (κ2) is 5.93. The molecule has 0 unspecified atom stereocenters. The molecule has 1 N–H and O–H groups in total. The summed E-state index contributed by atoms with van der Waals surface area (Å²) in [5.74, 6) is -0.998. The molecule has 1 aromatic heterocycles. The summed E-state index contributed by atoms with van der Waals surface area (Å²) in [4.78, 5) is 22.5. The molecule has 3 aromatic rings. The van der Waals surface area contributed by atoms with E-state index < -0.39 is 16.6 Å². The molecule has 0 spiro atoms. The number of non-ortho nitro benzene ring substituents is 1. The Morgan fingerprint density at radius 2 is 2.04 bits per heavy atom. The molecule has 0 radical (unpaired) electrons. The molecular weight excluding hydrogens is 339 g/mol. The fraction of sp³-hybridized carbons (Fsp3) is 0.0625. The molecule has 0 saturated heterocycles. The quantitative estimate of drug-likeness (QED) is 0.549. The van der Waals surface area contributed by atoms with Crippen LogP contribution in [0, 0.1) is 22.9 Å². The van der Waals surface area contributed by atoms with Crippen LogP contribution >= 0.6 is 11.6 Å². The van der Waals surface area contributed by atoms with Crippen LogP contribution in [0.3, 0.4) is 0 Å². The lowest BCUT2D eigenvalue weighted by molar-refractivity contribution is -0.384. The smallest absolute Gasteiger partial charge is 0.291 e. The maximum Gasteiger partial charge on any atom is 0.291 e. The van der Waals surface area contributed by atoms with Crippen molar-refractivity contribution in [2.45, 2.75) is 6.92 Å². The largest absolute Gasteiger partial charge is 0.451 e. The zero-order valence-corrected chi connectivity index (χ0v) is 13.1. The van der Waals surface area contributed by atoms with E-state index in [1.165, 1.54) is 30.3 Å². The van der Waals surface area contributed by atoms with Crippen molar-refractivity contribution in [3.8, 4) is 0 Å². The number of anilines is 1. The fourth-order valence-electron chi connectivity index (χ4n) is 2.31. The SMILES string of the molecule is Cc1c(C(=O)Nc2ccc([N+](=O)[O-])cc2Cl)oc2ccc(F)cc12. The van der Waals surface area contributed by atoms with Crippen LogP contribution in [-0.4, -0.2) is 10.8 Å². The number of hydrogen-bond acceptors (Lipinski definition) is 4. The number of nitrogens with one attached hydrogen (secondary N) is 1. The van der Waals surface area contributed by atoms with Crippen molar-refractivity contribution < 1.29 is 18.5 Å². The first kappa shape index (κ1) is 15.9. The summed E-state index contributed by atoms with van der Waals surface area (Å²) in [6.07, 6.45) is 0. The predicted molar refractivity (Wildman–Crippen MR) is 87.0 cm³/mol. The first-order valence-corrected chi connectivity index (χ1v) is 7.18. The minimum Gasteiger partial charge on any atom is -0.451 e. The number of benzene rings is 2. The molecule has 24 heavy (non-hydrogen) atoms. The normalized spacial score (nSPS) is 10.8. The van der Waals surface area contributed by atoms with Gasteiger partial charge in [-0.2, -0.15) is 0 Å². The van der Waals surface area contributed by atoms with Crippen LogP contribution in [-0.2, 0) is 0 Å². The van der Waals surface area contributed by atoms with Crippen LogP contribution in [0.5, 0.6) is 0 Å². The zero-order chi connectivity index (χ0) is 17.4. The van der Waals surface area contributed by atoms with Gasteiger partial charge >= 0.3 is 0 Å². The Kier molecular flexibility index (Phi) is 3.94. The molecule has 0 aliphatic rings. The average Bonchev–Trinajstić information content (AvgIpc) is 2.86. The van der Waals surface area contributed by atoms with Crippen molar-refractivity contribution in [3.05, 3.63) is 68.7 Å². The Labute approximate surface area is 140 Å². The van der Waals surface area contributed by atoms with E-state index in [0.29, 0.717) is 16.5 Å². The molecule has 8 heteroatoms. The number of carbonyl (C=O) groups excluding carboxylic acids is 1. The van der Waals surface area contributed by atoms with Gasteiger partial charge in [-0.05, 0) is 31.2 Å². The third kappa shape index (κ3) is 2.81. The van der Waals surface area contributed by atoms with E-state index in [0.717, 1.165) is 6.07 Å². The van der Waals surface area contributed by atoms with Gasteiger partial charge in [0.15, 0.2) is 5.76 Å². The van der Waals surface area contributed by atoms with Gasteiger partial charge in [0.1, 0.15) is 11.4 Å². The second-order valence-corrected chi connectivity index (χ2v) is 5.48. The summed E-state index contributed by atoms with van der Waals surface area (Å²) >= 11 is 5.94. The van der Waals surface area contributed by atoms with Gasteiger partial charge in [0, 0.05) is 23.1 Å². The Balaban J connectivity index is 1.93. The summed E-state index contributed by atoms with van der Waals surface area (Å²) in [6, 6.07) is 7.65. The summed E-state index contributed by atoms with van der Waals surface area (Å²) in [5.41, 5.74) is 0.889. The van der Waals surface area contributed by atoms with Crippen molar-refractivity contribution in [3.63, 3.8) is 0 Å². The maximum absolute atomic E-state index is 13.3. The summed E-state index contributed by atoms with van der Waals surface area (Å²) < 4.78 is 18.8. The number of hydrogen-bond donors (Lipinski definition) is 1. The van der Waals surface area contributed by atoms with E-state index in [1.807, 2.05) is 0 Å². The number of fused-ring (bicyclic) bond motifs is 1. The van der Waals surface area contributed by atoms with E-state index in [9.17, 15) is 19.3 Å². The van der Waals surface area contributed by atoms with Gasteiger partial charge in [0.05, 0.1) is 15.6 Å². The van der Waals surface area contributed by atoms with Gasteiger partial charge in [-0.3, -0.25) is 14.9 Å². The molecule has 0 saturated carbocycles. The molecule has 0 atom stereocenters. The standard InChI is InChI=1S/C16H10ClFN2O4/c1-8-11-6-9(18)2-5-14(11)24-15(8)16(21)19-13-4-3-10(20(22)23)7-12(13)17/h2-7H,1H3,(H,19,21). The highest BCUT2D eigenvalue weighted by Gasteiger charge is 2.19. The molecule has 2 aromatic carbocycles. The van der Waals surface area contributed by atoms with E-state index in [4.69, 9.17) is 16.0 Å². The molecule has 1 amide bonds. The third-order valence-electron chi connectivity index (χ3n) is 3.52. The molecule has 0 aliphatic heterocycles. The molecule has 122 valence electrons. The second-order valence-electron chi connectivity index (χ2n) is 5.07. The highest BCUT2D eigenvalue weighted by molar-refractivity contribution is 6.34. The summed E-state index contributed by atoms with van der Waals surface area (Å²) in [7, 11) is 0. The molecular formula is C16H10ClFN2O4. The van der Waals surface area contributed by atoms with E-state index in [2.05, 4.69) is 5.32 Å². The number of halogens is 2. The lowest BCUT2D eigenvalue weighted by atomic mass is 10.1. The minimum absolute atomic E-state index is 0.0185. The summed E-state index contributed by atoms with van der Waals surface area (Å²) in [6.45, 7) is 1.64. The maximum atomic E-state index is 13.3. The molecule has 0 aliphatic carbocycles. The number of nitro benzene ring substituents is 1. The molecule has 0 fully saturated rings. The number of carbonyl (C=O) groups is 1. The molecule has 1 heterocycles. The number of amides is 1. The highest BCUT2D eigenvalue weighted by Crippen LogP contribution is 2.29. The van der Waals surface area contributed by atoms with E-state index >= 15 is 0 Å². The Morgan fingerprint density at radius 3 is 2.71 bits per heavy atom. The number of nitrogens with zero attached hydrogens (tertiary/aromatic N) is 1. The van der Waals surface area contributed by atoms with Crippen molar-refractivity contribution in [1.82, 2.24) is 0 Å². The van der Waals surface area contributed by atoms with E-state index in [1.54, 1.807) is 6.92 Å². The van der Waals surface area contributed by atoms with Gasteiger partial charge in [0.25, 0.3) is 11.6 Å². The Morgan fingerprint density at radius 1 is 1.29 bits per heavy atom. The lowest BCUT2D eigenvalue weighted by Gasteiger charge is -2.06. The van der Waals surface area contributed by atoms with Gasteiger partial charge in [0.2, 0.25) is 0 Å². The lowest BCUT2D eigenvalue weighted by Crippen LogP contribution is -2.12. The summed E-state index contributed by atoms with van der Waals surface area (Å²) in [5, 5.41) is 13.7. The zero-order valence-electron chi connectivity index (χ0n) is 12.3. The topological polar surface area (TPSA) is 85.4 Å². The van der Waals surface area contributed by atoms with Crippen LogP contribution in [0.1, 0.15) is 16.1 Å². The molecule has 0 bridgehead atoms. The predicted octanol–water partition coefficient (Wildman–Crippen LogP) is 4.69. The number of nitro groups is 1. The van der Waals surface area contributed by atoms with Gasteiger partial charge in [-0.1, -0.05) is 11.6 Å². The first-order valence-electron chi connectivity index (χ1n) is 6.81. The highest BCUT2D eigenvalue weighted by atomic mass is 35.5. The van der Waals surface area contributed by atoms with Crippen molar-refractivity contribution in [1.29, 1.82) is 0 Å². The Hall–Kier alpha value is -2.93. The monoisotopic (exact) mass is 348 g/mol. The Bertz CT molecular complexity index is 984. The van der Waals surface area contributed by atoms with Crippen LogP contribution in [0.25, 0.3) is 11.0 Å². The third-order valence-corrected chi connectivity index (χ3v) is 3.83. The van der Waals surface area contributed by atoms with Crippen molar-refractivity contribution in [2.75, 3.05) is 5.32 Å². The number of rotatable bonds is 3. The van der Waals surface area contributed by atoms with Gasteiger partial charge < -0.3 is 9.73 Å². The molecule has 6 nitrogen and oxygen atoms in total. The minimum atomic E-state index is -0.588. The van der Waals surface area contributed by atoms with Crippen LogP contribution in [0.2, 0.25) is 5.02 Å². The number of furan rings is 1. The van der Waals surface area contributed by atoms with Crippen molar-refractivity contribution >= 4 is 39.9 Å². The van der Waals surface area contributed by atoms with Crippen LogP contribution < -0.4 is 5.32 Å². The number of aryl methyl sites for hydroxylation is 1. The van der Waals surface area contributed by atoms with Gasteiger partial charge in [-0.15, -0.1) is 0 Å². The van der Waals surface area contributed by atoms with Crippen LogP contribution in [0.15, 0.2) is 40.8 Å².